The molecular formula is C20H11Cl2N3OS. The smallest absolute Gasteiger partial charge is 0.269 e. The molecule has 4 nitrogen and oxygen atoms in total. The van der Waals surface area contributed by atoms with Gasteiger partial charge in [0.25, 0.3) is 5.56 Å². The molecule has 0 bridgehead atoms. The van der Waals surface area contributed by atoms with E-state index in [1.165, 1.54) is 4.57 Å². The number of aromatic nitrogens is 1. The third kappa shape index (κ3) is 4.13. The van der Waals surface area contributed by atoms with Crippen molar-refractivity contribution >= 4 is 46.2 Å². The van der Waals surface area contributed by atoms with Crippen LogP contribution in [0, 0.1) is 22.7 Å². The van der Waals surface area contributed by atoms with E-state index in [-0.39, 0.29) is 17.7 Å². The maximum absolute atomic E-state index is 13.0. The first-order valence-electron chi connectivity index (χ1n) is 7.78. The van der Waals surface area contributed by atoms with Gasteiger partial charge in [-0.05, 0) is 29.3 Å². The molecule has 0 atom stereocenters. The molecular weight excluding hydrogens is 401 g/mol. The topological polar surface area (TPSA) is 69.6 Å². The van der Waals surface area contributed by atoms with Crippen LogP contribution in [0.25, 0.3) is 11.6 Å². The zero-order valence-electron chi connectivity index (χ0n) is 13.8. The van der Waals surface area contributed by atoms with Gasteiger partial charge in [0.15, 0.2) is 5.57 Å². The molecule has 3 rings (SSSR count). The quantitative estimate of drug-likeness (QED) is 0.663. The van der Waals surface area contributed by atoms with Gasteiger partial charge in [0.1, 0.15) is 16.8 Å². The molecule has 1 heterocycles. The minimum absolute atomic E-state index is 0.102. The maximum atomic E-state index is 13.0. The van der Waals surface area contributed by atoms with Gasteiger partial charge >= 0.3 is 0 Å². The van der Waals surface area contributed by atoms with Crippen molar-refractivity contribution in [2.45, 2.75) is 6.54 Å². The molecule has 27 heavy (non-hydrogen) atoms. The van der Waals surface area contributed by atoms with Crippen molar-refractivity contribution < 1.29 is 0 Å². The summed E-state index contributed by atoms with van der Waals surface area (Å²) in [5.74, 6) is 0. The molecule has 0 spiro atoms. The number of thiazole rings is 1. The third-order valence-electron chi connectivity index (χ3n) is 3.78. The molecule has 0 aliphatic carbocycles. The van der Waals surface area contributed by atoms with E-state index in [1.807, 2.05) is 42.5 Å². The van der Waals surface area contributed by atoms with Crippen molar-refractivity contribution in [3.63, 3.8) is 0 Å². The van der Waals surface area contributed by atoms with Crippen molar-refractivity contribution in [2.75, 3.05) is 0 Å². The van der Waals surface area contributed by atoms with Gasteiger partial charge in [-0.2, -0.15) is 10.5 Å². The number of benzene rings is 2. The van der Waals surface area contributed by atoms with Crippen LogP contribution in [0.3, 0.4) is 0 Å². The van der Waals surface area contributed by atoms with Crippen molar-refractivity contribution in [2.24, 2.45) is 0 Å². The number of nitriles is 2. The normalized spacial score (nSPS) is 11.0. The predicted molar refractivity (Wildman–Crippen MR) is 108 cm³/mol. The Morgan fingerprint density at radius 2 is 1.81 bits per heavy atom. The van der Waals surface area contributed by atoms with E-state index >= 15 is 0 Å². The molecule has 2 aromatic carbocycles. The highest BCUT2D eigenvalue weighted by Gasteiger charge is 2.10. The van der Waals surface area contributed by atoms with Crippen LogP contribution in [0.15, 0.2) is 53.3 Å². The van der Waals surface area contributed by atoms with Gasteiger partial charge in [-0.1, -0.05) is 59.6 Å². The minimum atomic E-state index is -0.284. The van der Waals surface area contributed by atoms with Crippen LogP contribution in [0.1, 0.15) is 11.1 Å². The molecule has 0 N–H and O–H groups in total. The van der Waals surface area contributed by atoms with Gasteiger partial charge in [-0.15, -0.1) is 11.3 Å². The van der Waals surface area contributed by atoms with Gasteiger partial charge in [0.05, 0.1) is 11.1 Å². The van der Waals surface area contributed by atoms with Crippen molar-refractivity contribution in [1.29, 1.82) is 10.5 Å². The molecule has 7 heteroatoms. The molecule has 0 aliphatic heterocycles. The van der Waals surface area contributed by atoms with Crippen LogP contribution in [-0.4, -0.2) is 4.57 Å². The Hall–Kier alpha value is -2.83. The summed E-state index contributed by atoms with van der Waals surface area (Å²) in [5, 5.41) is 19.4. The summed E-state index contributed by atoms with van der Waals surface area (Å²) in [7, 11) is 0. The molecule has 0 saturated carbocycles. The molecule has 0 unspecified atom stereocenters. The lowest BCUT2D eigenvalue weighted by Crippen LogP contribution is -2.32. The Morgan fingerprint density at radius 1 is 1.11 bits per heavy atom. The monoisotopic (exact) mass is 411 g/mol. The Morgan fingerprint density at radius 3 is 2.44 bits per heavy atom. The Labute approximate surface area is 169 Å². The summed E-state index contributed by atoms with van der Waals surface area (Å²) in [6.45, 7) is 0.264. The van der Waals surface area contributed by atoms with E-state index in [0.717, 1.165) is 16.9 Å². The average molecular weight is 412 g/mol. The number of halogens is 2. The summed E-state index contributed by atoms with van der Waals surface area (Å²) in [4.78, 5) is 13.0. The van der Waals surface area contributed by atoms with Crippen LogP contribution in [0.5, 0.6) is 0 Å². The van der Waals surface area contributed by atoms with E-state index in [9.17, 15) is 15.3 Å². The summed E-state index contributed by atoms with van der Waals surface area (Å²) in [5.41, 5.74) is 1.14. The highest BCUT2D eigenvalue weighted by atomic mass is 35.5. The largest absolute Gasteiger partial charge is 0.293 e. The number of hydrogen-bond donors (Lipinski definition) is 0. The second-order valence-electron chi connectivity index (χ2n) is 5.56. The SMILES string of the molecule is N#CC(C#N)=c1s/c(=C\c2ccc(Cl)cc2Cl)c(=O)n1Cc1ccccc1. The number of hydrogen-bond acceptors (Lipinski definition) is 4. The average Bonchev–Trinajstić information content (AvgIpc) is 2.96. The van der Waals surface area contributed by atoms with Gasteiger partial charge in [-0.3, -0.25) is 9.36 Å². The highest BCUT2D eigenvalue weighted by Crippen LogP contribution is 2.21. The zero-order valence-corrected chi connectivity index (χ0v) is 16.1. The molecule has 0 radical (unpaired) electrons. The second kappa shape index (κ2) is 8.24. The first-order chi connectivity index (χ1) is 13.0. The maximum Gasteiger partial charge on any atom is 0.269 e. The first kappa shape index (κ1) is 18.9. The third-order valence-corrected chi connectivity index (χ3v) is 5.47. The number of nitrogens with zero attached hydrogens (tertiary/aromatic N) is 3. The van der Waals surface area contributed by atoms with Crippen molar-refractivity contribution in [3.8, 4) is 12.1 Å². The first-order valence-corrected chi connectivity index (χ1v) is 9.35. The van der Waals surface area contributed by atoms with Gasteiger partial charge in [0.2, 0.25) is 0 Å². The van der Waals surface area contributed by atoms with Gasteiger partial charge in [-0.25, -0.2) is 0 Å². The van der Waals surface area contributed by atoms with E-state index < -0.39 is 0 Å². The Kier molecular flexibility index (Phi) is 5.78. The molecule has 3 aromatic rings. The fourth-order valence-electron chi connectivity index (χ4n) is 2.50. The lowest BCUT2D eigenvalue weighted by atomic mass is 10.2. The van der Waals surface area contributed by atoms with Crippen LogP contribution in [0.2, 0.25) is 10.0 Å². The van der Waals surface area contributed by atoms with Crippen molar-refractivity contribution in [3.05, 3.63) is 89.3 Å². The highest BCUT2D eigenvalue weighted by molar-refractivity contribution is 7.07. The van der Waals surface area contributed by atoms with E-state index in [0.29, 0.717) is 24.8 Å². The summed E-state index contributed by atoms with van der Waals surface area (Å²) < 4.78 is 2.15. The molecule has 132 valence electrons. The number of rotatable bonds is 3. The summed E-state index contributed by atoms with van der Waals surface area (Å²) >= 11 is 13.2. The molecule has 0 aliphatic rings. The van der Waals surface area contributed by atoms with E-state index in [2.05, 4.69) is 0 Å². The van der Waals surface area contributed by atoms with E-state index in [4.69, 9.17) is 23.2 Å². The Bertz CT molecular complexity index is 1250. The zero-order chi connectivity index (χ0) is 19.4. The Balaban J connectivity index is 2.27. The van der Waals surface area contributed by atoms with Crippen LogP contribution >= 0.6 is 34.5 Å². The molecule has 0 fully saturated rings. The molecule has 1 aromatic heterocycles. The minimum Gasteiger partial charge on any atom is -0.293 e. The fourth-order valence-corrected chi connectivity index (χ4v) is 4.00. The van der Waals surface area contributed by atoms with Crippen LogP contribution in [-0.2, 0) is 6.54 Å². The van der Waals surface area contributed by atoms with Crippen LogP contribution < -0.4 is 14.8 Å². The summed E-state index contributed by atoms with van der Waals surface area (Å²) in [6.07, 6.45) is 1.64. The van der Waals surface area contributed by atoms with Gasteiger partial charge in [0, 0.05) is 10.0 Å². The predicted octanol–water partition coefficient (Wildman–Crippen LogP) is 3.29. The van der Waals surface area contributed by atoms with Crippen LogP contribution in [0.4, 0.5) is 0 Å². The van der Waals surface area contributed by atoms with E-state index in [1.54, 1.807) is 24.3 Å². The van der Waals surface area contributed by atoms with Gasteiger partial charge < -0.3 is 0 Å². The fraction of sp³-hybridized carbons (Fsp3) is 0.0500. The standard InChI is InChI=1S/C20H11Cl2N3OS/c21-16-7-6-14(17(22)9-16)8-18-19(26)25(12-13-4-2-1-3-5-13)20(27-18)15(10-23)11-24/h1-9H,12H2/b18-8-. The lowest BCUT2D eigenvalue weighted by molar-refractivity contribution is 0.754. The lowest BCUT2D eigenvalue weighted by Gasteiger charge is -2.02. The molecule has 0 saturated heterocycles. The summed E-state index contributed by atoms with van der Waals surface area (Å²) in [6, 6.07) is 18.1. The van der Waals surface area contributed by atoms with Crippen molar-refractivity contribution in [1.82, 2.24) is 4.57 Å². The second-order valence-corrected chi connectivity index (χ2v) is 7.43. The molecule has 0 amide bonds.